The monoisotopic (exact) mass is 220 g/mol. The summed E-state index contributed by atoms with van der Waals surface area (Å²) < 4.78 is 0. The molecule has 0 aliphatic rings. The SMILES string of the molecule is [K+].[K+].[K+].[K+].[S-2].[S-2]. The van der Waals surface area contributed by atoms with Crippen LogP contribution < -0.4 is 206 Å². The summed E-state index contributed by atoms with van der Waals surface area (Å²) in [5.41, 5.74) is 0. The molecule has 0 aliphatic carbocycles. The summed E-state index contributed by atoms with van der Waals surface area (Å²) in [5, 5.41) is 0. The molecule has 0 aliphatic heterocycles. The van der Waals surface area contributed by atoms with Crippen LogP contribution >= 0.6 is 0 Å². The molecule has 0 heterocycles. The van der Waals surface area contributed by atoms with Crippen LogP contribution in [0.2, 0.25) is 0 Å². The van der Waals surface area contributed by atoms with Gasteiger partial charge in [0.05, 0.1) is 0 Å². The second-order valence-electron chi connectivity index (χ2n) is 0. The Hall–Kier alpha value is 7.25. The first kappa shape index (κ1) is 37.8. The number of hydrogen-bond acceptors (Lipinski definition) is 0. The van der Waals surface area contributed by atoms with Gasteiger partial charge in [0, 0.05) is 0 Å². The Bertz CT molecular complexity index is 5.51. The predicted molar refractivity (Wildman–Crippen MR) is 14.7 cm³/mol. The van der Waals surface area contributed by atoms with Crippen molar-refractivity contribution in [1.82, 2.24) is 0 Å². The molecule has 0 atom stereocenters. The molecule has 0 saturated carbocycles. The summed E-state index contributed by atoms with van der Waals surface area (Å²) in [6.45, 7) is 0. The van der Waals surface area contributed by atoms with E-state index in [1.165, 1.54) is 0 Å². The third kappa shape index (κ3) is 22.5. The summed E-state index contributed by atoms with van der Waals surface area (Å²) in [6, 6.07) is 0. The Labute approximate surface area is 223 Å². The first-order valence-electron chi connectivity index (χ1n) is 0. The summed E-state index contributed by atoms with van der Waals surface area (Å²) in [7, 11) is 0. The molecule has 0 unspecified atom stereocenters. The maximum Gasteiger partial charge on any atom is 1.00 e. The molecule has 0 saturated heterocycles. The molecule has 0 amide bonds. The molecule has 0 N–H and O–H groups in total. The van der Waals surface area contributed by atoms with Gasteiger partial charge < -0.3 is 27.0 Å². The molecule has 0 aromatic carbocycles. The third-order valence-corrected chi connectivity index (χ3v) is 0. The Kier molecular flexibility index (Phi) is 186. The van der Waals surface area contributed by atoms with E-state index in [4.69, 9.17) is 0 Å². The first-order chi connectivity index (χ1) is 0. The Balaban J connectivity index is 0. The van der Waals surface area contributed by atoms with Gasteiger partial charge in [-0.2, -0.15) is 0 Å². The fourth-order valence-electron chi connectivity index (χ4n) is 0. The van der Waals surface area contributed by atoms with E-state index >= 15 is 0 Å². The standard InChI is InChI=1S/4K.2S/q4*+1;2*-2. The predicted octanol–water partition coefficient (Wildman–Crippen LogP) is -12.0. The van der Waals surface area contributed by atoms with E-state index in [1.807, 2.05) is 0 Å². The first-order valence-corrected chi connectivity index (χ1v) is 0. The van der Waals surface area contributed by atoms with E-state index in [-0.39, 0.29) is 233 Å². The van der Waals surface area contributed by atoms with Gasteiger partial charge in [0.25, 0.3) is 0 Å². The van der Waals surface area contributed by atoms with E-state index in [0.29, 0.717) is 0 Å². The van der Waals surface area contributed by atoms with Gasteiger partial charge in [-0.1, -0.05) is 0 Å². The maximum atomic E-state index is 0. The molecule has 0 radical (unpaired) electrons. The van der Waals surface area contributed by atoms with Crippen LogP contribution in [-0.4, -0.2) is 0 Å². The van der Waals surface area contributed by atoms with Crippen LogP contribution in [0.3, 0.4) is 0 Å². The van der Waals surface area contributed by atoms with Crippen LogP contribution in [0.4, 0.5) is 0 Å². The molecule has 0 fully saturated rings. The topological polar surface area (TPSA) is 0 Å². The minimum atomic E-state index is 0. The fraction of sp³-hybridized carbons (Fsp3) is 0. The van der Waals surface area contributed by atoms with Gasteiger partial charge in [0.1, 0.15) is 0 Å². The van der Waals surface area contributed by atoms with Crippen molar-refractivity contribution in [3.8, 4) is 0 Å². The Morgan fingerprint density at radius 2 is 0.333 bits per heavy atom. The van der Waals surface area contributed by atoms with Gasteiger partial charge in [-0.15, -0.1) is 0 Å². The molecule has 6 heteroatoms. The van der Waals surface area contributed by atoms with Crippen molar-refractivity contribution in [3.05, 3.63) is 0 Å². The van der Waals surface area contributed by atoms with E-state index in [2.05, 4.69) is 0 Å². The molecule has 0 aromatic heterocycles. The van der Waals surface area contributed by atoms with E-state index in [0.717, 1.165) is 0 Å². The van der Waals surface area contributed by atoms with E-state index in [1.54, 1.807) is 0 Å². The van der Waals surface area contributed by atoms with Gasteiger partial charge in [0.2, 0.25) is 0 Å². The average molecular weight is 221 g/mol. The second-order valence-corrected chi connectivity index (χ2v) is 0. The van der Waals surface area contributed by atoms with Crippen molar-refractivity contribution in [1.29, 1.82) is 0 Å². The van der Waals surface area contributed by atoms with Crippen LogP contribution in [0.15, 0.2) is 0 Å². The summed E-state index contributed by atoms with van der Waals surface area (Å²) in [5.74, 6) is 0. The molecule has 0 spiro atoms. The molecule has 16 valence electrons. The number of rotatable bonds is 0. The van der Waals surface area contributed by atoms with Crippen molar-refractivity contribution >= 4 is 27.0 Å². The summed E-state index contributed by atoms with van der Waals surface area (Å²) >= 11 is 0. The van der Waals surface area contributed by atoms with Gasteiger partial charge in [0.15, 0.2) is 0 Å². The van der Waals surface area contributed by atoms with Gasteiger partial charge >= 0.3 is 206 Å². The third-order valence-electron chi connectivity index (χ3n) is 0. The molecule has 0 bridgehead atoms. The van der Waals surface area contributed by atoms with Gasteiger partial charge in [-0.05, 0) is 0 Å². The molecule has 0 aromatic rings. The average Bonchev–Trinajstić information content (AvgIpc) is 0. The van der Waals surface area contributed by atoms with E-state index < -0.39 is 0 Å². The van der Waals surface area contributed by atoms with Gasteiger partial charge in [-0.3, -0.25) is 0 Å². The van der Waals surface area contributed by atoms with Crippen LogP contribution in [0.5, 0.6) is 0 Å². The fourth-order valence-corrected chi connectivity index (χ4v) is 0. The second kappa shape index (κ2) is 29.5. The molecule has 0 nitrogen and oxygen atoms in total. The molecular weight excluding hydrogens is 221 g/mol. The normalized spacial score (nSPS) is 0. The molecular formula is K4S2. The van der Waals surface area contributed by atoms with Crippen LogP contribution in [-0.2, 0) is 27.0 Å². The molecule has 6 heavy (non-hydrogen) atoms. The van der Waals surface area contributed by atoms with Crippen molar-refractivity contribution < 1.29 is 206 Å². The summed E-state index contributed by atoms with van der Waals surface area (Å²) in [4.78, 5) is 0. The quantitative estimate of drug-likeness (QED) is 0.356. The van der Waals surface area contributed by atoms with Gasteiger partial charge in [-0.25, -0.2) is 0 Å². The summed E-state index contributed by atoms with van der Waals surface area (Å²) in [6.07, 6.45) is 0. The zero-order valence-corrected chi connectivity index (χ0v) is 18.9. The van der Waals surface area contributed by atoms with Crippen molar-refractivity contribution in [3.63, 3.8) is 0 Å². The largest absolute Gasteiger partial charge is 2.00 e. The minimum absolute atomic E-state index is 0. The van der Waals surface area contributed by atoms with Crippen LogP contribution in [0.25, 0.3) is 0 Å². The zero-order valence-electron chi connectivity index (χ0n) is 4.82. The van der Waals surface area contributed by atoms with Crippen LogP contribution in [0, 0.1) is 0 Å². The van der Waals surface area contributed by atoms with Crippen molar-refractivity contribution in [2.24, 2.45) is 0 Å². The van der Waals surface area contributed by atoms with Crippen molar-refractivity contribution in [2.45, 2.75) is 0 Å². The Morgan fingerprint density at radius 3 is 0.333 bits per heavy atom. The minimum Gasteiger partial charge on any atom is -2.00 e. The smallest absolute Gasteiger partial charge is 1.00 e. The zero-order chi connectivity index (χ0) is 0. The van der Waals surface area contributed by atoms with Crippen molar-refractivity contribution in [2.75, 3.05) is 0 Å². The number of hydrogen-bond donors (Lipinski definition) is 0. The maximum absolute atomic E-state index is 0. The Morgan fingerprint density at radius 1 is 0.333 bits per heavy atom. The molecule has 0 rings (SSSR count). The van der Waals surface area contributed by atoms with Crippen LogP contribution in [0.1, 0.15) is 0 Å². The van der Waals surface area contributed by atoms with E-state index in [9.17, 15) is 0 Å².